The van der Waals surface area contributed by atoms with Gasteiger partial charge < -0.3 is 15.2 Å². The lowest BCUT2D eigenvalue weighted by molar-refractivity contribution is 0.0145. The first-order valence-corrected chi connectivity index (χ1v) is 6.87. The Balaban J connectivity index is 1.69. The van der Waals surface area contributed by atoms with E-state index in [0.29, 0.717) is 13.1 Å². The molecule has 0 aromatic carbocycles. The third-order valence-electron chi connectivity index (χ3n) is 3.42. The number of ether oxygens (including phenoxy) is 1. The van der Waals surface area contributed by atoms with Gasteiger partial charge in [0, 0.05) is 44.6 Å². The maximum Gasteiger partial charge on any atom is 0.0791 e. The molecule has 2 heterocycles. The van der Waals surface area contributed by atoms with Crippen molar-refractivity contribution < 1.29 is 9.84 Å². The summed E-state index contributed by atoms with van der Waals surface area (Å²) in [4.78, 5) is 6.34. The van der Waals surface area contributed by atoms with Gasteiger partial charge in [-0.3, -0.25) is 9.88 Å². The minimum absolute atomic E-state index is 0.202. The third-order valence-corrected chi connectivity index (χ3v) is 3.42. The van der Waals surface area contributed by atoms with Gasteiger partial charge in [-0.1, -0.05) is 6.07 Å². The Morgan fingerprint density at radius 3 is 2.95 bits per heavy atom. The maximum atomic E-state index is 10.0. The van der Waals surface area contributed by atoms with Gasteiger partial charge in [0.2, 0.25) is 0 Å². The molecule has 0 bridgehead atoms. The summed E-state index contributed by atoms with van der Waals surface area (Å²) in [7, 11) is 0. The van der Waals surface area contributed by atoms with E-state index < -0.39 is 0 Å². The summed E-state index contributed by atoms with van der Waals surface area (Å²) in [5.74, 6) is 0. The van der Waals surface area contributed by atoms with E-state index >= 15 is 0 Å². The van der Waals surface area contributed by atoms with Gasteiger partial charge in [-0.2, -0.15) is 0 Å². The number of aromatic nitrogens is 1. The van der Waals surface area contributed by atoms with E-state index in [9.17, 15) is 5.11 Å². The van der Waals surface area contributed by atoms with Gasteiger partial charge >= 0.3 is 0 Å². The second kappa shape index (κ2) is 7.55. The Kier molecular flexibility index (Phi) is 5.72. The molecule has 1 aromatic heterocycles. The van der Waals surface area contributed by atoms with Crippen LogP contribution >= 0.6 is 0 Å². The van der Waals surface area contributed by atoms with E-state index in [0.717, 1.165) is 31.9 Å². The Labute approximate surface area is 114 Å². The highest BCUT2D eigenvalue weighted by Crippen LogP contribution is 2.09. The SMILES string of the molecule is C[C@@H](NCC(O)CN1CCOCC1)c1cccnc1. The number of pyridine rings is 1. The lowest BCUT2D eigenvalue weighted by Crippen LogP contribution is -2.44. The highest BCUT2D eigenvalue weighted by molar-refractivity contribution is 5.12. The summed E-state index contributed by atoms with van der Waals surface area (Å²) in [5.41, 5.74) is 1.14. The normalized spacial score (nSPS) is 20.1. The smallest absolute Gasteiger partial charge is 0.0791 e. The van der Waals surface area contributed by atoms with Crippen LogP contribution in [-0.2, 0) is 4.74 Å². The van der Waals surface area contributed by atoms with Crippen LogP contribution in [0, 0.1) is 0 Å². The summed E-state index contributed by atoms with van der Waals surface area (Å²) in [6.45, 7) is 6.74. The number of aliphatic hydroxyl groups excluding tert-OH is 1. The molecule has 0 saturated carbocycles. The molecule has 0 aliphatic carbocycles. The largest absolute Gasteiger partial charge is 0.390 e. The maximum absolute atomic E-state index is 10.0. The van der Waals surface area contributed by atoms with Crippen LogP contribution in [0.3, 0.4) is 0 Å². The Morgan fingerprint density at radius 2 is 2.26 bits per heavy atom. The van der Waals surface area contributed by atoms with Crippen molar-refractivity contribution in [1.29, 1.82) is 0 Å². The fourth-order valence-corrected chi connectivity index (χ4v) is 2.21. The molecule has 19 heavy (non-hydrogen) atoms. The molecule has 2 atom stereocenters. The highest BCUT2D eigenvalue weighted by atomic mass is 16.5. The number of aliphatic hydroxyl groups is 1. The second-order valence-electron chi connectivity index (χ2n) is 4.98. The van der Waals surface area contributed by atoms with Crippen LogP contribution in [0.4, 0.5) is 0 Å². The van der Waals surface area contributed by atoms with Crippen molar-refractivity contribution in [1.82, 2.24) is 15.2 Å². The predicted molar refractivity (Wildman–Crippen MR) is 73.9 cm³/mol. The van der Waals surface area contributed by atoms with Crippen LogP contribution < -0.4 is 5.32 Å². The van der Waals surface area contributed by atoms with Crippen LogP contribution in [-0.4, -0.2) is 60.5 Å². The van der Waals surface area contributed by atoms with Crippen molar-refractivity contribution in [2.24, 2.45) is 0 Å². The molecule has 1 saturated heterocycles. The average Bonchev–Trinajstić information content (AvgIpc) is 2.47. The molecule has 1 fully saturated rings. The van der Waals surface area contributed by atoms with Crippen molar-refractivity contribution in [3.63, 3.8) is 0 Å². The minimum Gasteiger partial charge on any atom is -0.390 e. The summed E-state index contributed by atoms with van der Waals surface area (Å²) in [6, 6.07) is 4.17. The molecule has 1 unspecified atom stereocenters. The molecule has 1 aromatic rings. The van der Waals surface area contributed by atoms with Crippen molar-refractivity contribution in [3.05, 3.63) is 30.1 Å². The standard InChI is InChI=1S/C14H23N3O2/c1-12(13-3-2-4-15-9-13)16-10-14(18)11-17-5-7-19-8-6-17/h2-4,9,12,14,16,18H,5-8,10-11H2,1H3/t12-,14?/m1/s1. The first-order chi connectivity index (χ1) is 9.25. The van der Waals surface area contributed by atoms with Crippen LogP contribution in [0.2, 0.25) is 0 Å². The van der Waals surface area contributed by atoms with E-state index in [1.807, 2.05) is 18.3 Å². The van der Waals surface area contributed by atoms with Crippen LogP contribution in [0.5, 0.6) is 0 Å². The zero-order valence-corrected chi connectivity index (χ0v) is 11.5. The van der Waals surface area contributed by atoms with Gasteiger partial charge in [-0.15, -0.1) is 0 Å². The lowest BCUT2D eigenvalue weighted by Gasteiger charge is -2.29. The predicted octanol–water partition coefficient (Wildman–Crippen LogP) is 0.425. The number of β-amino-alcohol motifs (C(OH)–C–C–N with tert-alkyl or cyclic N) is 1. The summed E-state index contributed by atoms with van der Waals surface area (Å²) < 4.78 is 5.29. The van der Waals surface area contributed by atoms with E-state index in [4.69, 9.17) is 4.74 Å². The molecule has 1 aliphatic heterocycles. The van der Waals surface area contributed by atoms with E-state index in [1.165, 1.54) is 0 Å². The quantitative estimate of drug-likeness (QED) is 0.781. The zero-order chi connectivity index (χ0) is 13.5. The molecule has 1 aliphatic rings. The number of morpholine rings is 1. The van der Waals surface area contributed by atoms with E-state index in [1.54, 1.807) is 6.20 Å². The van der Waals surface area contributed by atoms with E-state index in [-0.39, 0.29) is 12.1 Å². The molecule has 2 N–H and O–H groups in total. The number of nitrogens with one attached hydrogen (secondary N) is 1. The first-order valence-electron chi connectivity index (χ1n) is 6.87. The monoisotopic (exact) mass is 265 g/mol. The van der Waals surface area contributed by atoms with Gasteiger partial charge in [0.25, 0.3) is 0 Å². The van der Waals surface area contributed by atoms with Crippen molar-refractivity contribution in [3.8, 4) is 0 Å². The topological polar surface area (TPSA) is 57.6 Å². The number of rotatable bonds is 6. The summed E-state index contributed by atoms with van der Waals surface area (Å²) in [6.07, 6.45) is 3.27. The molecule has 0 amide bonds. The van der Waals surface area contributed by atoms with Crippen LogP contribution in [0.1, 0.15) is 18.5 Å². The van der Waals surface area contributed by atoms with Gasteiger partial charge in [-0.25, -0.2) is 0 Å². The van der Waals surface area contributed by atoms with Crippen LogP contribution in [0.25, 0.3) is 0 Å². The number of hydrogen-bond donors (Lipinski definition) is 2. The number of nitrogens with zero attached hydrogens (tertiary/aromatic N) is 2. The van der Waals surface area contributed by atoms with Gasteiger partial charge in [0.05, 0.1) is 19.3 Å². The van der Waals surface area contributed by atoms with Gasteiger partial charge in [0.1, 0.15) is 0 Å². The average molecular weight is 265 g/mol. The van der Waals surface area contributed by atoms with Crippen LogP contribution in [0.15, 0.2) is 24.5 Å². The van der Waals surface area contributed by atoms with Crippen molar-refractivity contribution >= 4 is 0 Å². The Morgan fingerprint density at radius 1 is 1.47 bits per heavy atom. The lowest BCUT2D eigenvalue weighted by atomic mass is 10.1. The Bertz CT molecular complexity index is 355. The van der Waals surface area contributed by atoms with E-state index in [2.05, 4.69) is 22.1 Å². The minimum atomic E-state index is -0.350. The molecular weight excluding hydrogens is 242 g/mol. The van der Waals surface area contributed by atoms with Gasteiger partial charge in [0.15, 0.2) is 0 Å². The molecule has 5 nitrogen and oxygen atoms in total. The fraction of sp³-hybridized carbons (Fsp3) is 0.643. The molecular formula is C14H23N3O2. The second-order valence-corrected chi connectivity index (χ2v) is 4.98. The Hall–Kier alpha value is -1.01. The van der Waals surface area contributed by atoms with Crippen molar-refractivity contribution in [2.45, 2.75) is 19.1 Å². The molecule has 0 spiro atoms. The first kappa shape index (κ1) is 14.4. The molecule has 106 valence electrons. The van der Waals surface area contributed by atoms with Gasteiger partial charge in [-0.05, 0) is 18.6 Å². The fourth-order valence-electron chi connectivity index (χ4n) is 2.21. The highest BCUT2D eigenvalue weighted by Gasteiger charge is 2.15. The third kappa shape index (κ3) is 4.87. The molecule has 0 radical (unpaired) electrons. The molecule has 5 heteroatoms. The summed E-state index contributed by atoms with van der Waals surface area (Å²) in [5, 5.41) is 13.4. The zero-order valence-electron chi connectivity index (χ0n) is 11.5. The van der Waals surface area contributed by atoms with Crippen molar-refractivity contribution in [2.75, 3.05) is 39.4 Å². The summed E-state index contributed by atoms with van der Waals surface area (Å²) >= 11 is 0. The molecule has 2 rings (SSSR count). The number of hydrogen-bond acceptors (Lipinski definition) is 5.